The molecule has 0 fully saturated rings. The van der Waals surface area contributed by atoms with Crippen molar-refractivity contribution in [1.29, 1.82) is 0 Å². The highest BCUT2D eigenvalue weighted by Gasteiger charge is 1.94. The number of rotatable bonds is 10. The zero-order valence-corrected chi connectivity index (χ0v) is 11.1. The van der Waals surface area contributed by atoms with Gasteiger partial charge in [-0.2, -0.15) is 0 Å². The van der Waals surface area contributed by atoms with Gasteiger partial charge in [0.2, 0.25) is 0 Å². The van der Waals surface area contributed by atoms with Crippen molar-refractivity contribution in [2.45, 2.75) is 85.0 Å². The molecule has 0 bridgehead atoms. The SMILES string of the molecule is C/C=C(\CC)CCCCCCCCCC. The summed E-state index contributed by atoms with van der Waals surface area (Å²) in [6.45, 7) is 6.72. The van der Waals surface area contributed by atoms with Gasteiger partial charge < -0.3 is 0 Å². The lowest BCUT2D eigenvalue weighted by Gasteiger charge is -2.04. The highest BCUT2D eigenvalue weighted by Crippen LogP contribution is 2.14. The predicted molar refractivity (Wildman–Crippen MR) is 71.3 cm³/mol. The van der Waals surface area contributed by atoms with E-state index in [1.165, 1.54) is 64.2 Å². The van der Waals surface area contributed by atoms with Crippen molar-refractivity contribution in [1.82, 2.24) is 0 Å². The number of unbranched alkanes of at least 4 members (excludes halogenated alkanes) is 7. The standard InChI is InChI=1S/C15H30/c1-4-7-8-9-10-11-12-13-14-15(5-2)6-3/h5H,4,6-14H2,1-3H3/b15-5+. The van der Waals surface area contributed by atoms with Crippen LogP contribution < -0.4 is 0 Å². The molecule has 0 N–H and O–H groups in total. The fourth-order valence-corrected chi connectivity index (χ4v) is 2.01. The quantitative estimate of drug-likeness (QED) is 0.312. The molecule has 0 amide bonds. The lowest BCUT2D eigenvalue weighted by molar-refractivity contribution is 0.573. The molecule has 0 aromatic carbocycles. The Kier molecular flexibility index (Phi) is 11.6. The van der Waals surface area contributed by atoms with Crippen LogP contribution in [0.3, 0.4) is 0 Å². The summed E-state index contributed by atoms with van der Waals surface area (Å²) in [5.74, 6) is 0. The lowest BCUT2D eigenvalue weighted by Crippen LogP contribution is -1.84. The minimum Gasteiger partial charge on any atom is -0.0885 e. The van der Waals surface area contributed by atoms with Crippen molar-refractivity contribution in [3.63, 3.8) is 0 Å². The molecule has 0 rings (SSSR count). The zero-order chi connectivity index (χ0) is 11.4. The van der Waals surface area contributed by atoms with Gasteiger partial charge >= 0.3 is 0 Å². The van der Waals surface area contributed by atoms with Crippen LogP contribution >= 0.6 is 0 Å². The summed E-state index contributed by atoms with van der Waals surface area (Å²) in [7, 11) is 0. The summed E-state index contributed by atoms with van der Waals surface area (Å²) in [6.07, 6.45) is 16.3. The van der Waals surface area contributed by atoms with Gasteiger partial charge in [-0.05, 0) is 26.2 Å². The molecule has 0 spiro atoms. The Balaban J connectivity index is 3.11. The van der Waals surface area contributed by atoms with Crippen LogP contribution in [-0.2, 0) is 0 Å². The smallest absolute Gasteiger partial charge is 0.0321 e. The van der Waals surface area contributed by atoms with Crippen LogP contribution in [0.2, 0.25) is 0 Å². The fourth-order valence-electron chi connectivity index (χ4n) is 2.01. The summed E-state index contributed by atoms with van der Waals surface area (Å²) in [5, 5.41) is 0. The maximum atomic E-state index is 2.29. The molecule has 0 unspecified atom stereocenters. The molecule has 15 heavy (non-hydrogen) atoms. The van der Waals surface area contributed by atoms with Crippen molar-refractivity contribution in [2.24, 2.45) is 0 Å². The Morgan fingerprint density at radius 1 is 0.800 bits per heavy atom. The van der Waals surface area contributed by atoms with Crippen LogP contribution in [-0.4, -0.2) is 0 Å². The van der Waals surface area contributed by atoms with Crippen LogP contribution in [0, 0.1) is 0 Å². The first-order chi connectivity index (χ1) is 7.35. The van der Waals surface area contributed by atoms with E-state index in [1.54, 1.807) is 5.57 Å². The molecular formula is C15H30. The molecule has 0 heteroatoms. The van der Waals surface area contributed by atoms with E-state index in [1.807, 2.05) is 0 Å². The van der Waals surface area contributed by atoms with Gasteiger partial charge in [-0.1, -0.05) is 70.4 Å². The molecule has 0 aliphatic carbocycles. The topological polar surface area (TPSA) is 0 Å². The first kappa shape index (κ1) is 14.7. The largest absolute Gasteiger partial charge is 0.0885 e. The Bertz CT molecular complexity index is 144. The second-order valence-electron chi connectivity index (χ2n) is 4.53. The third-order valence-corrected chi connectivity index (χ3v) is 3.21. The number of hydrogen-bond acceptors (Lipinski definition) is 0. The molecule has 90 valence electrons. The highest BCUT2D eigenvalue weighted by atomic mass is 14.0. The normalized spacial score (nSPS) is 12.1. The van der Waals surface area contributed by atoms with E-state index in [0.717, 1.165) is 0 Å². The van der Waals surface area contributed by atoms with E-state index in [-0.39, 0.29) is 0 Å². The van der Waals surface area contributed by atoms with E-state index < -0.39 is 0 Å². The average molecular weight is 210 g/mol. The molecule has 0 aromatic heterocycles. The molecule has 0 atom stereocenters. The van der Waals surface area contributed by atoms with Gasteiger partial charge in [0.25, 0.3) is 0 Å². The van der Waals surface area contributed by atoms with Gasteiger partial charge in [0.05, 0.1) is 0 Å². The monoisotopic (exact) mass is 210 g/mol. The van der Waals surface area contributed by atoms with Crippen LogP contribution in [0.15, 0.2) is 11.6 Å². The van der Waals surface area contributed by atoms with Crippen molar-refractivity contribution < 1.29 is 0 Å². The van der Waals surface area contributed by atoms with E-state index >= 15 is 0 Å². The molecule has 0 nitrogen and oxygen atoms in total. The maximum absolute atomic E-state index is 2.29. The molecule has 0 aromatic rings. The Morgan fingerprint density at radius 3 is 1.80 bits per heavy atom. The van der Waals surface area contributed by atoms with E-state index in [4.69, 9.17) is 0 Å². The summed E-state index contributed by atoms with van der Waals surface area (Å²) in [4.78, 5) is 0. The van der Waals surface area contributed by atoms with Crippen LogP contribution in [0.5, 0.6) is 0 Å². The fraction of sp³-hybridized carbons (Fsp3) is 0.867. The summed E-state index contributed by atoms with van der Waals surface area (Å²) in [6, 6.07) is 0. The second kappa shape index (κ2) is 11.8. The minimum absolute atomic E-state index is 1.24. The van der Waals surface area contributed by atoms with Gasteiger partial charge in [-0.25, -0.2) is 0 Å². The Labute approximate surface area is 97.2 Å². The van der Waals surface area contributed by atoms with Gasteiger partial charge in [-0.3, -0.25) is 0 Å². The predicted octanol–water partition coefficient (Wildman–Crippen LogP) is 5.87. The first-order valence-electron chi connectivity index (χ1n) is 6.99. The van der Waals surface area contributed by atoms with Crippen LogP contribution in [0.25, 0.3) is 0 Å². The summed E-state index contributed by atoms with van der Waals surface area (Å²) >= 11 is 0. The maximum Gasteiger partial charge on any atom is -0.0321 e. The molecule has 0 saturated heterocycles. The van der Waals surface area contributed by atoms with E-state index in [0.29, 0.717) is 0 Å². The van der Waals surface area contributed by atoms with E-state index in [2.05, 4.69) is 26.8 Å². The average Bonchev–Trinajstić information content (AvgIpc) is 2.27. The van der Waals surface area contributed by atoms with Crippen LogP contribution in [0.1, 0.15) is 85.0 Å². The van der Waals surface area contributed by atoms with Crippen molar-refractivity contribution in [3.05, 3.63) is 11.6 Å². The third kappa shape index (κ3) is 10.0. The van der Waals surface area contributed by atoms with Gasteiger partial charge in [0.1, 0.15) is 0 Å². The number of hydrogen-bond donors (Lipinski definition) is 0. The number of allylic oxidation sites excluding steroid dienone is 2. The molecule has 0 aliphatic rings. The van der Waals surface area contributed by atoms with Crippen molar-refractivity contribution in [3.8, 4) is 0 Å². The molecular weight excluding hydrogens is 180 g/mol. The molecule has 0 radical (unpaired) electrons. The highest BCUT2D eigenvalue weighted by molar-refractivity contribution is 4.98. The van der Waals surface area contributed by atoms with Crippen molar-refractivity contribution in [2.75, 3.05) is 0 Å². The van der Waals surface area contributed by atoms with Gasteiger partial charge in [0.15, 0.2) is 0 Å². The lowest BCUT2D eigenvalue weighted by atomic mass is 10.0. The third-order valence-electron chi connectivity index (χ3n) is 3.21. The van der Waals surface area contributed by atoms with Crippen molar-refractivity contribution >= 4 is 0 Å². The van der Waals surface area contributed by atoms with Crippen LogP contribution in [0.4, 0.5) is 0 Å². The zero-order valence-electron chi connectivity index (χ0n) is 11.1. The Hall–Kier alpha value is -0.260. The summed E-state index contributed by atoms with van der Waals surface area (Å²) < 4.78 is 0. The molecule has 0 aliphatic heterocycles. The molecule has 0 saturated carbocycles. The Morgan fingerprint density at radius 2 is 1.33 bits per heavy atom. The van der Waals surface area contributed by atoms with E-state index in [9.17, 15) is 0 Å². The van der Waals surface area contributed by atoms with Gasteiger partial charge in [-0.15, -0.1) is 0 Å². The second-order valence-corrected chi connectivity index (χ2v) is 4.53. The molecule has 0 heterocycles. The summed E-state index contributed by atoms with van der Waals surface area (Å²) in [5.41, 5.74) is 1.64. The van der Waals surface area contributed by atoms with Gasteiger partial charge in [0, 0.05) is 0 Å². The first-order valence-corrected chi connectivity index (χ1v) is 6.99. The minimum atomic E-state index is 1.24.